The molecule has 2 N–H and O–H groups in total. The highest BCUT2D eigenvalue weighted by atomic mass is 16.2. The van der Waals surface area contributed by atoms with Crippen LogP contribution in [-0.2, 0) is 13.1 Å². The number of hydrogen-bond donors (Lipinski definition) is 2. The van der Waals surface area contributed by atoms with E-state index in [9.17, 15) is 4.79 Å². The summed E-state index contributed by atoms with van der Waals surface area (Å²) in [6.07, 6.45) is 4.67. The summed E-state index contributed by atoms with van der Waals surface area (Å²) in [5, 5.41) is 14.4. The van der Waals surface area contributed by atoms with Crippen molar-refractivity contribution in [3.63, 3.8) is 0 Å². The molecule has 1 aliphatic carbocycles. The average Bonchev–Trinajstić information content (AvgIpc) is 2.96. The molecule has 0 unspecified atom stereocenters. The molecule has 1 saturated carbocycles. The molecule has 1 aromatic rings. The van der Waals surface area contributed by atoms with Crippen molar-refractivity contribution in [3.8, 4) is 0 Å². The molecule has 3 rings (SSSR count). The maximum absolute atomic E-state index is 11.4. The minimum absolute atomic E-state index is 0.0199. The minimum Gasteiger partial charge on any atom is -0.336 e. The lowest BCUT2D eigenvalue weighted by atomic mass is 10.4. The van der Waals surface area contributed by atoms with E-state index in [0.29, 0.717) is 13.1 Å². The number of nitrogens with one attached hydrogen (secondary N) is 2. The van der Waals surface area contributed by atoms with Gasteiger partial charge in [0.1, 0.15) is 0 Å². The monoisotopic (exact) mass is 264 g/mol. The largest absolute Gasteiger partial charge is 0.336 e. The van der Waals surface area contributed by atoms with E-state index < -0.39 is 0 Å². The molecule has 0 atom stereocenters. The van der Waals surface area contributed by atoms with E-state index in [2.05, 4.69) is 20.9 Å². The van der Waals surface area contributed by atoms with Gasteiger partial charge in [-0.2, -0.15) is 0 Å². The lowest BCUT2D eigenvalue weighted by Gasteiger charge is -2.12. The molecule has 2 fully saturated rings. The molecule has 104 valence electrons. The Balaban J connectivity index is 1.40. The average molecular weight is 264 g/mol. The SMILES string of the molecule is O=C1NCCN1CCn1cc(CNCC2CC2)nn1. The standard InChI is InChI=1S/C12H20N6O/c19-12-14-3-4-17(12)5-6-18-9-11(15-16-18)8-13-7-10-1-2-10/h9-10,13H,1-8H2,(H,14,19). The van der Waals surface area contributed by atoms with Gasteiger partial charge < -0.3 is 15.5 Å². The molecule has 0 aromatic carbocycles. The summed E-state index contributed by atoms with van der Waals surface area (Å²) in [6, 6.07) is 0.0199. The fraction of sp³-hybridized carbons (Fsp3) is 0.750. The Morgan fingerprint density at radius 1 is 1.42 bits per heavy atom. The number of urea groups is 1. The van der Waals surface area contributed by atoms with Crippen LogP contribution < -0.4 is 10.6 Å². The first-order valence-electron chi connectivity index (χ1n) is 6.94. The molecule has 1 aromatic heterocycles. The summed E-state index contributed by atoms with van der Waals surface area (Å²) in [7, 11) is 0. The van der Waals surface area contributed by atoms with E-state index >= 15 is 0 Å². The molecule has 2 aliphatic rings. The predicted molar refractivity (Wildman–Crippen MR) is 69.4 cm³/mol. The first kappa shape index (κ1) is 12.4. The van der Waals surface area contributed by atoms with Gasteiger partial charge in [0.05, 0.1) is 12.2 Å². The van der Waals surface area contributed by atoms with Crippen LogP contribution in [0.15, 0.2) is 6.20 Å². The molecule has 7 heteroatoms. The zero-order valence-electron chi connectivity index (χ0n) is 11.0. The van der Waals surface area contributed by atoms with Crippen molar-refractivity contribution in [2.75, 3.05) is 26.2 Å². The number of aromatic nitrogens is 3. The van der Waals surface area contributed by atoms with Gasteiger partial charge in [0, 0.05) is 32.4 Å². The summed E-state index contributed by atoms with van der Waals surface area (Å²) < 4.78 is 1.81. The van der Waals surface area contributed by atoms with E-state index in [1.54, 1.807) is 9.58 Å². The molecule has 0 bridgehead atoms. The van der Waals surface area contributed by atoms with E-state index in [1.807, 2.05) is 6.20 Å². The topological polar surface area (TPSA) is 75.1 Å². The Kier molecular flexibility index (Phi) is 3.63. The minimum atomic E-state index is 0.0199. The van der Waals surface area contributed by atoms with Gasteiger partial charge in [0.15, 0.2) is 0 Å². The van der Waals surface area contributed by atoms with Gasteiger partial charge in [-0.1, -0.05) is 5.21 Å². The predicted octanol–water partition coefficient (Wildman–Crippen LogP) is -0.197. The van der Waals surface area contributed by atoms with Crippen LogP contribution in [0.4, 0.5) is 4.79 Å². The summed E-state index contributed by atoms with van der Waals surface area (Å²) in [6.45, 7) is 4.77. The van der Waals surface area contributed by atoms with Crippen molar-refractivity contribution in [2.24, 2.45) is 5.92 Å². The maximum atomic E-state index is 11.4. The van der Waals surface area contributed by atoms with E-state index in [1.165, 1.54) is 12.8 Å². The van der Waals surface area contributed by atoms with Crippen molar-refractivity contribution in [1.82, 2.24) is 30.5 Å². The zero-order valence-corrected chi connectivity index (χ0v) is 11.0. The maximum Gasteiger partial charge on any atom is 0.317 e. The van der Waals surface area contributed by atoms with E-state index in [-0.39, 0.29) is 6.03 Å². The van der Waals surface area contributed by atoms with Crippen LogP contribution in [0, 0.1) is 5.92 Å². The third-order valence-corrected chi connectivity index (χ3v) is 3.57. The van der Waals surface area contributed by atoms with Crippen LogP contribution in [0.1, 0.15) is 18.5 Å². The van der Waals surface area contributed by atoms with Crippen molar-refractivity contribution >= 4 is 6.03 Å². The highest BCUT2D eigenvalue weighted by molar-refractivity contribution is 5.76. The summed E-state index contributed by atoms with van der Waals surface area (Å²) in [4.78, 5) is 13.2. The van der Waals surface area contributed by atoms with Crippen molar-refractivity contribution < 1.29 is 4.79 Å². The molecule has 2 amide bonds. The Morgan fingerprint density at radius 2 is 2.32 bits per heavy atom. The van der Waals surface area contributed by atoms with Crippen LogP contribution in [0.3, 0.4) is 0 Å². The van der Waals surface area contributed by atoms with Crippen LogP contribution in [0.2, 0.25) is 0 Å². The number of rotatable bonds is 7. The van der Waals surface area contributed by atoms with Gasteiger partial charge in [0.2, 0.25) is 0 Å². The highest BCUT2D eigenvalue weighted by Crippen LogP contribution is 2.27. The Bertz CT molecular complexity index is 441. The molecule has 7 nitrogen and oxygen atoms in total. The lowest BCUT2D eigenvalue weighted by molar-refractivity contribution is 0.215. The summed E-state index contributed by atoms with van der Waals surface area (Å²) in [5.41, 5.74) is 0.964. The molecular formula is C12H20N6O. The quantitative estimate of drug-likeness (QED) is 0.715. The van der Waals surface area contributed by atoms with Crippen LogP contribution in [-0.4, -0.2) is 52.1 Å². The van der Waals surface area contributed by atoms with Crippen molar-refractivity contribution in [2.45, 2.75) is 25.9 Å². The van der Waals surface area contributed by atoms with Gasteiger partial charge >= 0.3 is 6.03 Å². The van der Waals surface area contributed by atoms with Crippen molar-refractivity contribution in [3.05, 3.63) is 11.9 Å². The lowest BCUT2D eigenvalue weighted by Crippen LogP contribution is -2.31. The van der Waals surface area contributed by atoms with Gasteiger partial charge in [0.25, 0.3) is 0 Å². The third kappa shape index (κ3) is 3.44. The highest BCUT2D eigenvalue weighted by Gasteiger charge is 2.20. The second-order valence-corrected chi connectivity index (χ2v) is 5.27. The molecule has 1 aliphatic heterocycles. The summed E-state index contributed by atoms with van der Waals surface area (Å²) >= 11 is 0. The van der Waals surface area contributed by atoms with Crippen molar-refractivity contribution in [1.29, 1.82) is 0 Å². The normalized spacial score (nSPS) is 18.9. The molecule has 2 heterocycles. The zero-order chi connectivity index (χ0) is 13.1. The third-order valence-electron chi connectivity index (χ3n) is 3.57. The van der Waals surface area contributed by atoms with Crippen LogP contribution in [0.5, 0.6) is 0 Å². The van der Waals surface area contributed by atoms with Gasteiger partial charge in [-0.25, -0.2) is 4.79 Å². The van der Waals surface area contributed by atoms with Crippen LogP contribution >= 0.6 is 0 Å². The van der Waals surface area contributed by atoms with Crippen LogP contribution in [0.25, 0.3) is 0 Å². The molecule has 0 spiro atoms. The first-order chi connectivity index (χ1) is 9.31. The first-order valence-corrected chi connectivity index (χ1v) is 6.94. The second kappa shape index (κ2) is 5.56. The number of carbonyl (C=O) groups excluding carboxylic acids is 1. The Hall–Kier alpha value is -1.63. The fourth-order valence-corrected chi connectivity index (χ4v) is 2.20. The van der Waals surface area contributed by atoms with E-state index in [0.717, 1.165) is 37.8 Å². The summed E-state index contributed by atoms with van der Waals surface area (Å²) in [5.74, 6) is 0.878. The van der Waals surface area contributed by atoms with Gasteiger partial charge in [-0.15, -0.1) is 5.10 Å². The van der Waals surface area contributed by atoms with Gasteiger partial charge in [-0.05, 0) is 25.3 Å². The number of nitrogens with zero attached hydrogens (tertiary/aromatic N) is 4. The molecule has 0 radical (unpaired) electrons. The number of hydrogen-bond acceptors (Lipinski definition) is 4. The molecular weight excluding hydrogens is 244 g/mol. The Labute approximate surface area is 112 Å². The molecule has 19 heavy (non-hydrogen) atoms. The Morgan fingerprint density at radius 3 is 3.05 bits per heavy atom. The van der Waals surface area contributed by atoms with E-state index in [4.69, 9.17) is 0 Å². The fourth-order valence-electron chi connectivity index (χ4n) is 2.20. The smallest absolute Gasteiger partial charge is 0.317 e. The second-order valence-electron chi connectivity index (χ2n) is 5.27. The van der Waals surface area contributed by atoms with Gasteiger partial charge in [-0.3, -0.25) is 4.68 Å². The molecule has 1 saturated heterocycles. The number of amides is 2. The number of carbonyl (C=O) groups is 1.